The van der Waals surface area contributed by atoms with Gasteiger partial charge in [-0.25, -0.2) is 17.5 Å². The topological polar surface area (TPSA) is 57.7 Å². The van der Waals surface area contributed by atoms with Crippen LogP contribution in [0.3, 0.4) is 0 Å². The SMILES string of the molecule is CCCN1CC(C)N(S(=O)(=O)c2ccccc2)C1=O. The molecule has 1 fully saturated rings. The molecular weight excluding hydrogens is 264 g/mol. The minimum absolute atomic E-state index is 0.161. The number of urea groups is 1. The second kappa shape index (κ2) is 5.21. The highest BCUT2D eigenvalue weighted by Crippen LogP contribution is 2.25. The van der Waals surface area contributed by atoms with Crippen molar-refractivity contribution in [3.8, 4) is 0 Å². The largest absolute Gasteiger partial charge is 0.334 e. The van der Waals surface area contributed by atoms with Crippen molar-refractivity contribution in [3.63, 3.8) is 0 Å². The zero-order valence-electron chi connectivity index (χ0n) is 11.1. The number of hydrogen-bond donors (Lipinski definition) is 0. The van der Waals surface area contributed by atoms with E-state index in [1.54, 1.807) is 30.0 Å². The normalized spacial score (nSPS) is 20.1. The van der Waals surface area contributed by atoms with E-state index in [0.29, 0.717) is 13.1 Å². The van der Waals surface area contributed by atoms with Crippen LogP contribution in [-0.2, 0) is 10.0 Å². The van der Waals surface area contributed by atoms with Gasteiger partial charge in [0, 0.05) is 13.1 Å². The number of rotatable bonds is 4. The van der Waals surface area contributed by atoms with E-state index in [0.717, 1.165) is 10.7 Å². The molecular formula is C13H18N2O3S. The molecule has 6 heteroatoms. The van der Waals surface area contributed by atoms with Gasteiger partial charge in [0.1, 0.15) is 0 Å². The van der Waals surface area contributed by atoms with Crippen LogP contribution in [0.15, 0.2) is 35.2 Å². The molecule has 1 unspecified atom stereocenters. The van der Waals surface area contributed by atoms with Gasteiger partial charge in [-0.3, -0.25) is 0 Å². The Bertz CT molecular complexity index is 557. The average molecular weight is 282 g/mol. The Labute approximate surface area is 113 Å². The van der Waals surface area contributed by atoms with E-state index in [4.69, 9.17) is 0 Å². The molecule has 2 rings (SSSR count). The molecule has 0 saturated carbocycles. The van der Waals surface area contributed by atoms with Crippen molar-refractivity contribution in [2.24, 2.45) is 0 Å². The number of carbonyl (C=O) groups is 1. The van der Waals surface area contributed by atoms with Crippen molar-refractivity contribution in [3.05, 3.63) is 30.3 Å². The van der Waals surface area contributed by atoms with Gasteiger partial charge in [-0.05, 0) is 25.5 Å². The van der Waals surface area contributed by atoms with E-state index in [-0.39, 0.29) is 10.9 Å². The monoisotopic (exact) mass is 282 g/mol. The number of carbonyl (C=O) groups excluding carboxylic acids is 1. The number of benzene rings is 1. The van der Waals surface area contributed by atoms with Crippen LogP contribution in [0.5, 0.6) is 0 Å². The summed E-state index contributed by atoms with van der Waals surface area (Å²) in [4.78, 5) is 13.9. The van der Waals surface area contributed by atoms with Crippen molar-refractivity contribution < 1.29 is 13.2 Å². The predicted octanol–water partition coefficient (Wildman–Crippen LogP) is 1.91. The van der Waals surface area contributed by atoms with E-state index in [1.165, 1.54) is 12.1 Å². The molecule has 2 amide bonds. The third-order valence-corrected chi connectivity index (χ3v) is 5.04. The maximum absolute atomic E-state index is 12.5. The second-order valence-corrected chi connectivity index (χ2v) is 6.51. The van der Waals surface area contributed by atoms with Crippen LogP contribution in [-0.4, -0.2) is 42.8 Å². The van der Waals surface area contributed by atoms with Gasteiger partial charge in [0.05, 0.1) is 10.9 Å². The number of nitrogens with zero attached hydrogens (tertiary/aromatic N) is 2. The van der Waals surface area contributed by atoms with Gasteiger partial charge in [-0.15, -0.1) is 0 Å². The van der Waals surface area contributed by atoms with E-state index < -0.39 is 16.1 Å². The molecule has 1 aliphatic heterocycles. The summed E-state index contributed by atoms with van der Waals surface area (Å²) in [5, 5.41) is 0. The Morgan fingerprint density at radius 3 is 2.47 bits per heavy atom. The summed E-state index contributed by atoms with van der Waals surface area (Å²) in [6.07, 6.45) is 0.817. The lowest BCUT2D eigenvalue weighted by Crippen LogP contribution is -2.39. The zero-order valence-corrected chi connectivity index (χ0v) is 11.9. The second-order valence-electron chi connectivity index (χ2n) is 4.69. The summed E-state index contributed by atoms with van der Waals surface area (Å²) in [6.45, 7) is 4.77. The third-order valence-electron chi connectivity index (χ3n) is 3.14. The van der Waals surface area contributed by atoms with Crippen molar-refractivity contribution in [2.45, 2.75) is 31.2 Å². The van der Waals surface area contributed by atoms with Crippen molar-refractivity contribution >= 4 is 16.1 Å². The summed E-state index contributed by atoms with van der Waals surface area (Å²) in [5.74, 6) is 0. The van der Waals surface area contributed by atoms with Crippen molar-refractivity contribution in [1.82, 2.24) is 9.21 Å². The lowest BCUT2D eigenvalue weighted by Gasteiger charge is -2.20. The molecule has 1 aromatic carbocycles. The Hall–Kier alpha value is -1.56. The van der Waals surface area contributed by atoms with Gasteiger partial charge in [-0.1, -0.05) is 25.1 Å². The molecule has 104 valence electrons. The Kier molecular flexibility index (Phi) is 3.80. The molecule has 0 aromatic heterocycles. The fourth-order valence-corrected chi connectivity index (χ4v) is 3.89. The van der Waals surface area contributed by atoms with Crippen molar-refractivity contribution in [2.75, 3.05) is 13.1 Å². The van der Waals surface area contributed by atoms with Gasteiger partial charge in [0.15, 0.2) is 0 Å². The summed E-state index contributed by atoms with van der Waals surface area (Å²) in [6, 6.07) is 7.33. The van der Waals surface area contributed by atoms with Gasteiger partial charge in [0.2, 0.25) is 0 Å². The third kappa shape index (κ3) is 2.45. The molecule has 0 N–H and O–H groups in total. The quantitative estimate of drug-likeness (QED) is 0.847. The molecule has 0 spiro atoms. The predicted molar refractivity (Wildman–Crippen MR) is 72.2 cm³/mol. The molecule has 1 aliphatic rings. The highest BCUT2D eigenvalue weighted by atomic mass is 32.2. The first-order valence-corrected chi connectivity index (χ1v) is 7.81. The van der Waals surface area contributed by atoms with Gasteiger partial charge in [-0.2, -0.15) is 0 Å². The van der Waals surface area contributed by atoms with Crippen molar-refractivity contribution in [1.29, 1.82) is 0 Å². The molecule has 19 heavy (non-hydrogen) atoms. The lowest BCUT2D eigenvalue weighted by atomic mass is 10.3. The maximum atomic E-state index is 12.5. The van der Waals surface area contributed by atoms with Crippen LogP contribution in [0.25, 0.3) is 0 Å². The Morgan fingerprint density at radius 2 is 1.89 bits per heavy atom. The Balaban J connectivity index is 2.34. The average Bonchev–Trinajstić information content (AvgIpc) is 2.66. The minimum Gasteiger partial charge on any atom is -0.322 e. The molecule has 1 aromatic rings. The number of amides is 2. The molecule has 1 atom stereocenters. The molecule has 0 bridgehead atoms. The highest BCUT2D eigenvalue weighted by Gasteiger charge is 2.42. The minimum atomic E-state index is -3.75. The van der Waals surface area contributed by atoms with Gasteiger partial charge in [0.25, 0.3) is 10.0 Å². The molecule has 0 aliphatic carbocycles. The maximum Gasteiger partial charge on any atom is 0.334 e. The van der Waals surface area contributed by atoms with E-state index >= 15 is 0 Å². The summed E-state index contributed by atoms with van der Waals surface area (Å²) < 4.78 is 26.0. The van der Waals surface area contributed by atoms with Crippen LogP contribution in [0.2, 0.25) is 0 Å². The molecule has 1 heterocycles. The zero-order chi connectivity index (χ0) is 14.0. The first kappa shape index (κ1) is 13.9. The first-order valence-electron chi connectivity index (χ1n) is 6.37. The lowest BCUT2D eigenvalue weighted by molar-refractivity contribution is 0.206. The standard InChI is InChI=1S/C13H18N2O3S/c1-3-9-14-10-11(2)15(13(14)16)19(17,18)12-7-5-4-6-8-12/h4-8,11H,3,9-10H2,1-2H3. The van der Waals surface area contributed by atoms with Gasteiger partial charge >= 0.3 is 6.03 Å². The number of sulfonamides is 1. The fraction of sp³-hybridized carbons (Fsp3) is 0.462. The van der Waals surface area contributed by atoms with Crippen LogP contribution >= 0.6 is 0 Å². The highest BCUT2D eigenvalue weighted by molar-refractivity contribution is 7.89. The first-order chi connectivity index (χ1) is 8.98. The van der Waals surface area contributed by atoms with Crippen LogP contribution in [0.4, 0.5) is 4.79 Å². The smallest absolute Gasteiger partial charge is 0.322 e. The van der Waals surface area contributed by atoms with Gasteiger partial charge < -0.3 is 4.90 Å². The van der Waals surface area contributed by atoms with E-state index in [9.17, 15) is 13.2 Å². The van der Waals surface area contributed by atoms with Crippen LogP contribution in [0.1, 0.15) is 20.3 Å². The van der Waals surface area contributed by atoms with Crippen LogP contribution in [0, 0.1) is 0 Å². The fourth-order valence-electron chi connectivity index (χ4n) is 2.30. The van der Waals surface area contributed by atoms with E-state index in [2.05, 4.69) is 0 Å². The number of hydrogen-bond acceptors (Lipinski definition) is 3. The summed E-state index contributed by atoms with van der Waals surface area (Å²) in [7, 11) is -3.75. The van der Waals surface area contributed by atoms with E-state index in [1.807, 2.05) is 6.92 Å². The Morgan fingerprint density at radius 1 is 1.26 bits per heavy atom. The summed E-state index contributed by atoms with van der Waals surface area (Å²) in [5.41, 5.74) is 0. The molecule has 0 radical (unpaired) electrons. The summed E-state index contributed by atoms with van der Waals surface area (Å²) >= 11 is 0. The molecule has 5 nitrogen and oxygen atoms in total. The molecule has 1 saturated heterocycles. The van der Waals surface area contributed by atoms with Crippen LogP contribution < -0.4 is 0 Å².